The number of hydrogen-bond donors (Lipinski definition) is 1. The smallest absolute Gasteiger partial charge is 0.407 e. The zero-order valence-corrected chi connectivity index (χ0v) is 8.67. The summed E-state index contributed by atoms with van der Waals surface area (Å²) in [6, 6.07) is 3.68. The zero-order valence-electron chi connectivity index (χ0n) is 7.08. The lowest BCUT2D eigenvalue weighted by Crippen LogP contribution is -2.22. The van der Waals surface area contributed by atoms with E-state index in [9.17, 15) is 4.79 Å². The molecule has 1 amide bonds. The number of halogens is 1. The number of alkyl carbamates (subject to hydrolysis) is 1. The Morgan fingerprint density at radius 1 is 1.69 bits per heavy atom. The van der Waals surface area contributed by atoms with E-state index in [2.05, 4.69) is 31.0 Å². The lowest BCUT2D eigenvalue weighted by molar-refractivity contribution is 0.170. The Kier molecular flexibility index (Phi) is 3.70. The Balaban J connectivity index is 2.46. The Hall–Kier alpha value is -1.10. The number of ether oxygens (including phenoxy) is 1. The molecule has 0 aromatic carbocycles. The molecule has 0 aliphatic heterocycles. The quantitative estimate of drug-likeness (QED) is 0.862. The molecule has 0 saturated heterocycles. The van der Waals surface area contributed by atoms with Crippen molar-refractivity contribution < 1.29 is 9.53 Å². The second-order valence-corrected chi connectivity index (χ2v) is 3.23. The van der Waals surface area contributed by atoms with Gasteiger partial charge in [-0.1, -0.05) is 0 Å². The Bertz CT molecular complexity index is 287. The van der Waals surface area contributed by atoms with Gasteiger partial charge in [-0.2, -0.15) is 0 Å². The van der Waals surface area contributed by atoms with Gasteiger partial charge in [0.15, 0.2) is 0 Å². The topological polar surface area (TPSA) is 51.2 Å². The van der Waals surface area contributed by atoms with Crippen LogP contribution in [0.15, 0.2) is 22.8 Å². The third-order valence-electron chi connectivity index (χ3n) is 1.39. The first-order chi connectivity index (χ1) is 6.22. The van der Waals surface area contributed by atoms with Crippen molar-refractivity contribution in [1.82, 2.24) is 10.3 Å². The van der Waals surface area contributed by atoms with Gasteiger partial charge in [-0.3, -0.25) is 4.98 Å². The summed E-state index contributed by atoms with van der Waals surface area (Å²) in [7, 11) is 1.32. The van der Waals surface area contributed by atoms with Crippen molar-refractivity contribution in [3.8, 4) is 0 Å². The number of methoxy groups -OCH3 is 1. The largest absolute Gasteiger partial charge is 0.453 e. The number of pyridine rings is 1. The average molecular weight is 245 g/mol. The first-order valence-electron chi connectivity index (χ1n) is 3.64. The van der Waals surface area contributed by atoms with Crippen molar-refractivity contribution in [1.29, 1.82) is 0 Å². The van der Waals surface area contributed by atoms with E-state index < -0.39 is 6.09 Å². The van der Waals surface area contributed by atoms with E-state index in [0.29, 0.717) is 6.54 Å². The molecule has 5 heteroatoms. The summed E-state index contributed by atoms with van der Waals surface area (Å²) in [5.41, 5.74) is 0.786. The van der Waals surface area contributed by atoms with Gasteiger partial charge in [-0.25, -0.2) is 4.79 Å². The molecule has 1 aromatic heterocycles. The predicted octanol–water partition coefficient (Wildman–Crippen LogP) is 1.70. The van der Waals surface area contributed by atoms with Crippen molar-refractivity contribution in [3.05, 3.63) is 28.5 Å². The number of amides is 1. The van der Waals surface area contributed by atoms with Crippen LogP contribution in [0.3, 0.4) is 0 Å². The van der Waals surface area contributed by atoms with Crippen LogP contribution in [0, 0.1) is 0 Å². The molecule has 1 rings (SSSR count). The van der Waals surface area contributed by atoms with Crippen molar-refractivity contribution in [2.75, 3.05) is 7.11 Å². The van der Waals surface area contributed by atoms with Gasteiger partial charge in [-0.05, 0) is 28.1 Å². The number of hydrogen-bond acceptors (Lipinski definition) is 3. The molecule has 13 heavy (non-hydrogen) atoms. The predicted molar refractivity (Wildman–Crippen MR) is 51.2 cm³/mol. The summed E-state index contributed by atoms with van der Waals surface area (Å²) in [6.45, 7) is 0.375. The van der Waals surface area contributed by atoms with Gasteiger partial charge in [0.05, 0.1) is 19.3 Å². The van der Waals surface area contributed by atoms with Gasteiger partial charge in [0, 0.05) is 10.7 Å². The molecule has 0 fully saturated rings. The molecule has 1 aromatic rings. The SMILES string of the molecule is COC(=O)NCc1ccc(Br)cn1. The maximum absolute atomic E-state index is 10.7. The van der Waals surface area contributed by atoms with Crippen LogP contribution in [0.1, 0.15) is 5.69 Å². The zero-order chi connectivity index (χ0) is 9.68. The molecule has 1 N–H and O–H groups in total. The average Bonchev–Trinajstić information content (AvgIpc) is 2.16. The van der Waals surface area contributed by atoms with Crippen LogP contribution in [0.4, 0.5) is 4.79 Å². The van der Waals surface area contributed by atoms with Crippen molar-refractivity contribution in [2.24, 2.45) is 0 Å². The van der Waals surface area contributed by atoms with Crippen molar-refractivity contribution in [3.63, 3.8) is 0 Å². The number of nitrogens with zero attached hydrogens (tertiary/aromatic N) is 1. The van der Waals surface area contributed by atoms with Crippen molar-refractivity contribution >= 4 is 22.0 Å². The van der Waals surface area contributed by atoms with E-state index in [1.807, 2.05) is 12.1 Å². The normalized spacial score (nSPS) is 9.38. The molecule has 0 atom stereocenters. The van der Waals surface area contributed by atoms with E-state index in [-0.39, 0.29) is 0 Å². The summed E-state index contributed by atoms with van der Waals surface area (Å²) in [4.78, 5) is 14.7. The van der Waals surface area contributed by atoms with Gasteiger partial charge in [0.1, 0.15) is 0 Å². The molecule has 4 nitrogen and oxygen atoms in total. The first-order valence-corrected chi connectivity index (χ1v) is 4.44. The summed E-state index contributed by atoms with van der Waals surface area (Å²) >= 11 is 3.26. The molecule has 1 heterocycles. The summed E-state index contributed by atoms with van der Waals surface area (Å²) in [5.74, 6) is 0. The number of rotatable bonds is 2. The lowest BCUT2D eigenvalue weighted by Gasteiger charge is -2.02. The van der Waals surface area contributed by atoms with Gasteiger partial charge in [0.25, 0.3) is 0 Å². The minimum absolute atomic E-state index is 0.375. The van der Waals surface area contributed by atoms with E-state index >= 15 is 0 Å². The number of aromatic nitrogens is 1. The Labute approximate surface area is 84.4 Å². The third kappa shape index (κ3) is 3.42. The maximum Gasteiger partial charge on any atom is 0.407 e. The highest BCUT2D eigenvalue weighted by Gasteiger charge is 1.98. The van der Waals surface area contributed by atoms with E-state index in [1.54, 1.807) is 6.20 Å². The fourth-order valence-corrected chi connectivity index (χ4v) is 0.980. The van der Waals surface area contributed by atoms with E-state index in [0.717, 1.165) is 10.2 Å². The second-order valence-electron chi connectivity index (χ2n) is 2.31. The van der Waals surface area contributed by atoms with Gasteiger partial charge < -0.3 is 10.1 Å². The maximum atomic E-state index is 10.7. The van der Waals surface area contributed by atoms with Crippen LogP contribution in [-0.4, -0.2) is 18.2 Å². The highest BCUT2D eigenvalue weighted by Crippen LogP contribution is 2.06. The molecule has 0 aliphatic carbocycles. The van der Waals surface area contributed by atoms with Crippen LogP contribution < -0.4 is 5.32 Å². The van der Waals surface area contributed by atoms with Crippen LogP contribution in [0.2, 0.25) is 0 Å². The standard InChI is InChI=1S/C8H9BrN2O2/c1-13-8(12)11-5-7-3-2-6(9)4-10-7/h2-4H,5H2,1H3,(H,11,12). The Morgan fingerprint density at radius 2 is 2.46 bits per heavy atom. The first kappa shape index (κ1) is 9.98. The number of carbonyl (C=O) groups is 1. The van der Waals surface area contributed by atoms with Crippen LogP contribution in [0.5, 0.6) is 0 Å². The molecule has 0 saturated carbocycles. The molecule has 0 radical (unpaired) electrons. The third-order valence-corrected chi connectivity index (χ3v) is 1.86. The van der Waals surface area contributed by atoms with Crippen LogP contribution >= 0.6 is 15.9 Å². The summed E-state index contributed by atoms with van der Waals surface area (Å²) in [6.07, 6.45) is 1.22. The van der Waals surface area contributed by atoms with Gasteiger partial charge >= 0.3 is 6.09 Å². The fraction of sp³-hybridized carbons (Fsp3) is 0.250. The van der Waals surface area contributed by atoms with Crippen LogP contribution in [0.25, 0.3) is 0 Å². The fourth-order valence-electron chi connectivity index (χ4n) is 0.746. The molecular formula is C8H9BrN2O2. The van der Waals surface area contributed by atoms with E-state index in [1.165, 1.54) is 7.11 Å². The summed E-state index contributed by atoms with van der Waals surface area (Å²) in [5, 5.41) is 2.53. The highest BCUT2D eigenvalue weighted by molar-refractivity contribution is 9.10. The monoisotopic (exact) mass is 244 g/mol. The molecule has 0 spiro atoms. The number of carbonyl (C=O) groups excluding carboxylic acids is 1. The van der Waals surface area contributed by atoms with Crippen LogP contribution in [-0.2, 0) is 11.3 Å². The Morgan fingerprint density at radius 3 is 3.00 bits per heavy atom. The minimum atomic E-state index is -0.454. The molecule has 0 bridgehead atoms. The minimum Gasteiger partial charge on any atom is -0.453 e. The molecule has 70 valence electrons. The van der Waals surface area contributed by atoms with E-state index in [4.69, 9.17) is 0 Å². The highest BCUT2D eigenvalue weighted by atomic mass is 79.9. The number of nitrogens with one attached hydrogen (secondary N) is 1. The summed E-state index contributed by atoms with van der Waals surface area (Å²) < 4.78 is 5.32. The lowest BCUT2D eigenvalue weighted by atomic mass is 10.3. The molecule has 0 unspecified atom stereocenters. The second kappa shape index (κ2) is 4.81. The molecular weight excluding hydrogens is 236 g/mol. The van der Waals surface area contributed by atoms with Gasteiger partial charge in [0.2, 0.25) is 0 Å². The van der Waals surface area contributed by atoms with Gasteiger partial charge in [-0.15, -0.1) is 0 Å². The van der Waals surface area contributed by atoms with Crippen molar-refractivity contribution in [2.45, 2.75) is 6.54 Å². The molecule has 0 aliphatic rings.